The maximum Gasteiger partial charge on any atom is 0.243 e. The summed E-state index contributed by atoms with van der Waals surface area (Å²) < 4.78 is 32.9. The van der Waals surface area contributed by atoms with Gasteiger partial charge in [-0.3, -0.25) is 4.79 Å². The van der Waals surface area contributed by atoms with Crippen molar-refractivity contribution in [3.63, 3.8) is 0 Å². The van der Waals surface area contributed by atoms with Crippen LogP contribution < -0.4 is 10.1 Å². The molecule has 1 N–H and O–H groups in total. The number of nitrogens with zero attached hydrogens (tertiary/aromatic N) is 1. The van der Waals surface area contributed by atoms with Crippen molar-refractivity contribution in [2.45, 2.75) is 37.6 Å². The molecule has 162 valence electrons. The van der Waals surface area contributed by atoms with Crippen molar-refractivity contribution in [2.75, 3.05) is 20.2 Å². The molecule has 1 fully saturated rings. The van der Waals surface area contributed by atoms with Crippen LogP contribution in [0.1, 0.15) is 36.9 Å². The molecule has 0 saturated carbocycles. The Morgan fingerprint density at radius 1 is 1.23 bits per heavy atom. The summed E-state index contributed by atoms with van der Waals surface area (Å²) in [6.45, 7) is 4.29. The minimum absolute atomic E-state index is 0.136. The summed E-state index contributed by atoms with van der Waals surface area (Å²) >= 11 is 5.92. The van der Waals surface area contributed by atoms with Gasteiger partial charge in [-0.15, -0.1) is 0 Å². The van der Waals surface area contributed by atoms with Gasteiger partial charge in [0.2, 0.25) is 15.9 Å². The van der Waals surface area contributed by atoms with Crippen molar-refractivity contribution < 1.29 is 17.9 Å². The van der Waals surface area contributed by atoms with Crippen LogP contribution >= 0.6 is 11.6 Å². The first-order valence-corrected chi connectivity index (χ1v) is 11.7. The van der Waals surface area contributed by atoms with Gasteiger partial charge in [0.25, 0.3) is 0 Å². The molecular weight excluding hydrogens is 424 g/mol. The number of carbonyl (C=O) groups excluding carboxylic acids is 1. The van der Waals surface area contributed by atoms with Crippen molar-refractivity contribution in [2.24, 2.45) is 5.92 Å². The van der Waals surface area contributed by atoms with Crippen LogP contribution in [0.25, 0.3) is 0 Å². The first kappa shape index (κ1) is 22.6. The second-order valence-corrected chi connectivity index (χ2v) is 9.99. The largest absolute Gasteiger partial charge is 0.496 e. The number of sulfonamides is 1. The number of ether oxygens (including phenoxy) is 1. The van der Waals surface area contributed by atoms with Crippen molar-refractivity contribution in [3.05, 3.63) is 58.6 Å². The van der Waals surface area contributed by atoms with Crippen LogP contribution in [0.5, 0.6) is 5.75 Å². The third-order valence-electron chi connectivity index (χ3n) is 5.49. The summed E-state index contributed by atoms with van der Waals surface area (Å²) in [6, 6.07) is 11.9. The zero-order valence-corrected chi connectivity index (χ0v) is 19.0. The molecule has 1 aliphatic rings. The fourth-order valence-electron chi connectivity index (χ4n) is 3.70. The number of hydrogen-bond donors (Lipinski definition) is 1. The number of halogens is 1. The SMILES string of the molecule is COc1ccc(S(=O)(=O)N2CCC[C@H](C(=O)N[C@@H](C)c3ccc(Cl)cc3)C2)cc1C. The standard InChI is InChI=1S/C22H27ClN2O4S/c1-15-13-20(10-11-21(15)29-3)30(27,28)25-12-4-5-18(14-25)22(26)24-16(2)17-6-8-19(23)9-7-17/h6-11,13,16,18H,4-5,12,14H2,1-3H3,(H,24,26)/t16-,18-/m0/s1. The normalized spacial score (nSPS) is 18.6. The second kappa shape index (κ2) is 9.37. The zero-order valence-electron chi connectivity index (χ0n) is 17.4. The Morgan fingerprint density at radius 3 is 2.57 bits per heavy atom. The first-order valence-electron chi connectivity index (χ1n) is 9.93. The highest BCUT2D eigenvalue weighted by atomic mass is 35.5. The summed E-state index contributed by atoms with van der Waals surface area (Å²) in [5.41, 5.74) is 1.70. The Labute approximate surface area is 183 Å². The van der Waals surface area contributed by atoms with Crippen LogP contribution in [0.4, 0.5) is 0 Å². The molecule has 2 atom stereocenters. The summed E-state index contributed by atoms with van der Waals surface area (Å²) in [5, 5.41) is 3.64. The minimum Gasteiger partial charge on any atom is -0.496 e. The molecule has 1 saturated heterocycles. The highest BCUT2D eigenvalue weighted by Gasteiger charge is 2.34. The summed E-state index contributed by atoms with van der Waals surface area (Å²) in [6.07, 6.45) is 1.30. The van der Waals surface area contributed by atoms with Gasteiger partial charge in [0.1, 0.15) is 5.75 Å². The van der Waals surface area contributed by atoms with Gasteiger partial charge in [0.05, 0.1) is 24.0 Å². The fourth-order valence-corrected chi connectivity index (χ4v) is 5.44. The summed E-state index contributed by atoms with van der Waals surface area (Å²) in [5.74, 6) is 0.118. The third kappa shape index (κ3) is 4.96. The van der Waals surface area contributed by atoms with Gasteiger partial charge in [-0.25, -0.2) is 8.42 Å². The lowest BCUT2D eigenvalue weighted by Gasteiger charge is -2.32. The molecule has 2 aromatic rings. The van der Waals surface area contributed by atoms with Crippen molar-refractivity contribution in [1.29, 1.82) is 0 Å². The van der Waals surface area contributed by atoms with E-state index in [1.165, 1.54) is 4.31 Å². The quantitative estimate of drug-likeness (QED) is 0.723. The Morgan fingerprint density at radius 2 is 1.93 bits per heavy atom. The summed E-state index contributed by atoms with van der Waals surface area (Å²) in [4.78, 5) is 13.0. The molecule has 6 nitrogen and oxygen atoms in total. The van der Waals surface area contributed by atoms with Crippen LogP contribution in [-0.2, 0) is 14.8 Å². The van der Waals surface area contributed by atoms with Crippen molar-refractivity contribution >= 4 is 27.5 Å². The average Bonchev–Trinajstić information content (AvgIpc) is 2.74. The molecule has 0 unspecified atom stereocenters. The first-order chi connectivity index (χ1) is 14.2. The second-order valence-electron chi connectivity index (χ2n) is 7.62. The number of piperidine rings is 1. The Kier molecular flexibility index (Phi) is 7.06. The Hall–Kier alpha value is -2.09. The lowest BCUT2D eigenvalue weighted by Crippen LogP contribution is -2.45. The minimum atomic E-state index is -3.68. The monoisotopic (exact) mass is 450 g/mol. The number of carbonyl (C=O) groups is 1. The maximum absolute atomic E-state index is 13.1. The number of amides is 1. The third-order valence-corrected chi connectivity index (χ3v) is 7.60. The van der Waals surface area contributed by atoms with E-state index < -0.39 is 10.0 Å². The van der Waals surface area contributed by atoms with Gasteiger partial charge < -0.3 is 10.1 Å². The topological polar surface area (TPSA) is 75.7 Å². The number of nitrogens with one attached hydrogen (secondary N) is 1. The highest BCUT2D eigenvalue weighted by Crippen LogP contribution is 2.28. The van der Waals surface area contributed by atoms with Crippen LogP contribution in [-0.4, -0.2) is 38.8 Å². The van der Waals surface area contributed by atoms with Gasteiger partial charge in [-0.05, 0) is 68.1 Å². The van der Waals surface area contributed by atoms with Crippen molar-refractivity contribution in [3.8, 4) is 5.75 Å². The smallest absolute Gasteiger partial charge is 0.243 e. The molecule has 1 aliphatic heterocycles. The molecule has 0 aliphatic carbocycles. The van der Waals surface area contributed by atoms with E-state index in [9.17, 15) is 13.2 Å². The molecule has 0 radical (unpaired) electrons. The summed E-state index contributed by atoms with van der Waals surface area (Å²) in [7, 11) is -2.13. The number of aryl methyl sites for hydroxylation is 1. The lowest BCUT2D eigenvalue weighted by atomic mass is 9.98. The molecule has 0 spiro atoms. The van der Waals surface area contributed by atoms with E-state index in [-0.39, 0.29) is 29.3 Å². The molecule has 1 amide bonds. The lowest BCUT2D eigenvalue weighted by molar-refractivity contribution is -0.126. The number of rotatable bonds is 6. The zero-order chi connectivity index (χ0) is 21.9. The molecule has 1 heterocycles. The van der Waals surface area contributed by atoms with E-state index in [0.717, 1.165) is 11.1 Å². The maximum atomic E-state index is 13.1. The molecule has 8 heteroatoms. The van der Waals surface area contributed by atoms with Gasteiger partial charge in [-0.2, -0.15) is 4.31 Å². The molecule has 3 rings (SSSR count). The van der Waals surface area contributed by atoms with Gasteiger partial charge >= 0.3 is 0 Å². The number of benzene rings is 2. The molecule has 30 heavy (non-hydrogen) atoms. The van der Waals surface area contributed by atoms with Crippen LogP contribution in [0.3, 0.4) is 0 Å². The van der Waals surface area contributed by atoms with Gasteiger partial charge in [0, 0.05) is 18.1 Å². The van der Waals surface area contributed by atoms with E-state index in [2.05, 4.69) is 5.32 Å². The van der Waals surface area contributed by atoms with Crippen molar-refractivity contribution in [1.82, 2.24) is 9.62 Å². The van der Waals surface area contributed by atoms with E-state index in [0.29, 0.717) is 30.2 Å². The molecular formula is C22H27ClN2O4S. The van der Waals surface area contributed by atoms with E-state index in [1.54, 1.807) is 37.4 Å². The fraction of sp³-hybridized carbons (Fsp3) is 0.409. The van der Waals surface area contributed by atoms with Crippen LogP contribution in [0, 0.1) is 12.8 Å². The van der Waals surface area contributed by atoms with Gasteiger partial charge in [0.15, 0.2) is 0 Å². The van der Waals surface area contributed by atoms with Crippen LogP contribution in [0.15, 0.2) is 47.4 Å². The number of hydrogen-bond acceptors (Lipinski definition) is 4. The molecule has 2 aromatic carbocycles. The average molecular weight is 451 g/mol. The molecule has 0 aromatic heterocycles. The highest BCUT2D eigenvalue weighted by molar-refractivity contribution is 7.89. The number of methoxy groups -OCH3 is 1. The Bertz CT molecular complexity index is 1010. The van der Waals surface area contributed by atoms with E-state index in [4.69, 9.17) is 16.3 Å². The Balaban J connectivity index is 1.70. The van der Waals surface area contributed by atoms with E-state index in [1.807, 2.05) is 26.0 Å². The molecule has 0 bridgehead atoms. The van der Waals surface area contributed by atoms with E-state index >= 15 is 0 Å². The predicted octanol–water partition coefficient (Wildman–Crippen LogP) is 3.94. The van der Waals surface area contributed by atoms with Gasteiger partial charge in [-0.1, -0.05) is 23.7 Å². The van der Waals surface area contributed by atoms with Crippen LogP contribution in [0.2, 0.25) is 5.02 Å². The predicted molar refractivity (Wildman–Crippen MR) is 117 cm³/mol.